The van der Waals surface area contributed by atoms with Gasteiger partial charge in [0.1, 0.15) is 0 Å². The molecule has 0 aromatic rings. The maximum Gasteiger partial charge on any atom is 0.210 e. The van der Waals surface area contributed by atoms with Crippen LogP contribution in [-0.2, 0) is 10.0 Å². The Bertz CT molecular complexity index is 246. The highest BCUT2D eigenvalue weighted by Crippen LogP contribution is 2.26. The van der Waals surface area contributed by atoms with E-state index in [9.17, 15) is 8.42 Å². The van der Waals surface area contributed by atoms with Crippen LogP contribution < -0.4 is 10.5 Å². The predicted octanol–water partition coefficient (Wildman–Crippen LogP) is 0.445. The van der Waals surface area contributed by atoms with Crippen molar-refractivity contribution in [3.63, 3.8) is 0 Å². The first-order valence-corrected chi connectivity index (χ1v) is 7.00. The monoisotopic (exact) mass is 220 g/mol. The highest BCUT2D eigenvalue weighted by molar-refractivity contribution is 7.89. The molecule has 84 valence electrons. The fourth-order valence-electron chi connectivity index (χ4n) is 1.94. The summed E-state index contributed by atoms with van der Waals surface area (Å²) < 4.78 is 21.2. The zero-order valence-corrected chi connectivity index (χ0v) is 9.35. The summed E-state index contributed by atoms with van der Waals surface area (Å²) in [5.41, 5.74) is 0. The van der Waals surface area contributed by atoms with Gasteiger partial charge in [-0.1, -0.05) is 25.7 Å². The fourth-order valence-corrected chi connectivity index (χ4v) is 2.37. The average Bonchev–Trinajstić information content (AvgIpc) is 2.54. The van der Waals surface area contributed by atoms with E-state index in [4.69, 9.17) is 5.14 Å². The molecule has 0 radical (unpaired) electrons. The lowest BCUT2D eigenvalue weighted by atomic mass is 10.0. The molecule has 0 amide bonds. The van der Waals surface area contributed by atoms with Crippen molar-refractivity contribution >= 4 is 10.0 Å². The quantitative estimate of drug-likeness (QED) is 0.638. The standard InChI is InChI=1S/C9H20N2O2S/c10-14(12,13)8-7-11-6-5-9-3-1-2-4-9/h9,11H,1-8H2,(H2,10,12,13). The summed E-state index contributed by atoms with van der Waals surface area (Å²) in [4.78, 5) is 0. The second-order valence-electron chi connectivity index (χ2n) is 4.06. The van der Waals surface area contributed by atoms with Crippen molar-refractivity contribution in [1.82, 2.24) is 5.32 Å². The minimum Gasteiger partial charge on any atom is -0.316 e. The SMILES string of the molecule is NS(=O)(=O)CCNCCC1CCCC1. The molecule has 0 unspecified atom stereocenters. The molecule has 3 N–H and O–H groups in total. The van der Waals surface area contributed by atoms with E-state index in [0.717, 1.165) is 12.5 Å². The zero-order valence-electron chi connectivity index (χ0n) is 8.54. The second-order valence-corrected chi connectivity index (χ2v) is 5.79. The molecule has 1 rings (SSSR count). The molecular weight excluding hydrogens is 200 g/mol. The lowest BCUT2D eigenvalue weighted by Crippen LogP contribution is -2.28. The van der Waals surface area contributed by atoms with Gasteiger partial charge in [-0.05, 0) is 18.9 Å². The Labute approximate surface area is 86.3 Å². The van der Waals surface area contributed by atoms with Crippen LogP contribution in [-0.4, -0.2) is 27.3 Å². The molecule has 0 aromatic carbocycles. The normalized spacial score (nSPS) is 18.9. The van der Waals surface area contributed by atoms with Crippen LogP contribution in [0.2, 0.25) is 0 Å². The average molecular weight is 220 g/mol. The lowest BCUT2D eigenvalue weighted by molar-refractivity contribution is 0.482. The van der Waals surface area contributed by atoms with Gasteiger partial charge in [-0.2, -0.15) is 0 Å². The summed E-state index contributed by atoms with van der Waals surface area (Å²) in [6.45, 7) is 1.39. The number of rotatable bonds is 6. The van der Waals surface area contributed by atoms with Crippen molar-refractivity contribution in [1.29, 1.82) is 0 Å². The molecule has 14 heavy (non-hydrogen) atoms. The van der Waals surface area contributed by atoms with E-state index in [2.05, 4.69) is 5.32 Å². The molecule has 1 fully saturated rings. The van der Waals surface area contributed by atoms with Crippen LogP contribution in [0, 0.1) is 5.92 Å². The summed E-state index contributed by atoms with van der Waals surface area (Å²) >= 11 is 0. The van der Waals surface area contributed by atoms with Crippen molar-refractivity contribution in [2.75, 3.05) is 18.8 Å². The van der Waals surface area contributed by atoms with Gasteiger partial charge in [0.2, 0.25) is 10.0 Å². The van der Waals surface area contributed by atoms with Crippen molar-refractivity contribution < 1.29 is 8.42 Å². The van der Waals surface area contributed by atoms with Gasteiger partial charge in [0, 0.05) is 6.54 Å². The largest absolute Gasteiger partial charge is 0.316 e. The number of hydrogen-bond donors (Lipinski definition) is 2. The number of nitrogens with two attached hydrogens (primary N) is 1. The highest BCUT2D eigenvalue weighted by Gasteiger charge is 2.13. The van der Waals surface area contributed by atoms with Crippen molar-refractivity contribution in [2.24, 2.45) is 11.1 Å². The van der Waals surface area contributed by atoms with Crippen LogP contribution in [0.15, 0.2) is 0 Å². The van der Waals surface area contributed by atoms with Gasteiger partial charge in [0.05, 0.1) is 5.75 Å². The van der Waals surface area contributed by atoms with Gasteiger partial charge in [-0.3, -0.25) is 0 Å². The topological polar surface area (TPSA) is 72.2 Å². The minimum absolute atomic E-state index is 0.0394. The summed E-state index contributed by atoms with van der Waals surface area (Å²) in [6, 6.07) is 0. The van der Waals surface area contributed by atoms with Gasteiger partial charge in [-0.25, -0.2) is 13.6 Å². The van der Waals surface area contributed by atoms with E-state index in [1.54, 1.807) is 0 Å². The van der Waals surface area contributed by atoms with E-state index in [0.29, 0.717) is 6.54 Å². The molecule has 0 aromatic heterocycles. The highest BCUT2D eigenvalue weighted by atomic mass is 32.2. The number of sulfonamides is 1. The summed E-state index contributed by atoms with van der Waals surface area (Å²) in [6.07, 6.45) is 6.59. The number of primary sulfonamides is 1. The summed E-state index contributed by atoms with van der Waals surface area (Å²) in [5.74, 6) is 0.898. The third kappa shape index (κ3) is 5.57. The molecule has 5 heteroatoms. The molecule has 0 saturated heterocycles. The third-order valence-corrected chi connectivity index (χ3v) is 3.54. The fraction of sp³-hybridized carbons (Fsp3) is 1.00. The van der Waals surface area contributed by atoms with E-state index >= 15 is 0 Å². The van der Waals surface area contributed by atoms with Gasteiger partial charge in [0.15, 0.2) is 0 Å². The Morgan fingerprint density at radius 3 is 2.43 bits per heavy atom. The summed E-state index contributed by atoms with van der Waals surface area (Å²) in [5, 5.41) is 7.98. The molecule has 0 aliphatic heterocycles. The maximum atomic E-state index is 10.6. The minimum atomic E-state index is -3.29. The van der Waals surface area contributed by atoms with Crippen molar-refractivity contribution in [3.8, 4) is 0 Å². The van der Waals surface area contributed by atoms with Crippen LogP contribution in [0.4, 0.5) is 0 Å². The maximum absolute atomic E-state index is 10.6. The van der Waals surface area contributed by atoms with Crippen LogP contribution >= 0.6 is 0 Å². The molecule has 0 bridgehead atoms. The smallest absolute Gasteiger partial charge is 0.210 e. The van der Waals surface area contributed by atoms with Gasteiger partial charge in [-0.15, -0.1) is 0 Å². The third-order valence-electron chi connectivity index (χ3n) is 2.77. The Balaban J connectivity index is 1.94. The Morgan fingerprint density at radius 1 is 1.21 bits per heavy atom. The van der Waals surface area contributed by atoms with Crippen LogP contribution in [0.5, 0.6) is 0 Å². The Kier molecular flexibility index (Phi) is 4.84. The molecular formula is C9H20N2O2S. The Hall–Kier alpha value is -0.130. The van der Waals surface area contributed by atoms with E-state index in [1.807, 2.05) is 0 Å². The predicted molar refractivity (Wildman–Crippen MR) is 57.4 cm³/mol. The van der Waals surface area contributed by atoms with E-state index in [1.165, 1.54) is 32.1 Å². The molecule has 0 atom stereocenters. The van der Waals surface area contributed by atoms with Gasteiger partial charge < -0.3 is 5.32 Å². The van der Waals surface area contributed by atoms with Crippen LogP contribution in [0.1, 0.15) is 32.1 Å². The molecule has 0 heterocycles. The Morgan fingerprint density at radius 2 is 1.86 bits per heavy atom. The van der Waals surface area contributed by atoms with Gasteiger partial charge >= 0.3 is 0 Å². The zero-order chi connectivity index (χ0) is 10.4. The molecule has 4 nitrogen and oxygen atoms in total. The summed E-state index contributed by atoms with van der Waals surface area (Å²) in [7, 11) is -3.29. The second kappa shape index (κ2) is 5.68. The first-order valence-electron chi connectivity index (χ1n) is 5.29. The van der Waals surface area contributed by atoms with Gasteiger partial charge in [0.25, 0.3) is 0 Å². The van der Waals surface area contributed by atoms with Crippen molar-refractivity contribution in [3.05, 3.63) is 0 Å². The van der Waals surface area contributed by atoms with Crippen LogP contribution in [0.25, 0.3) is 0 Å². The van der Waals surface area contributed by atoms with Crippen LogP contribution in [0.3, 0.4) is 0 Å². The molecule has 1 aliphatic carbocycles. The molecule has 1 aliphatic rings. The number of nitrogens with one attached hydrogen (secondary N) is 1. The van der Waals surface area contributed by atoms with Crippen molar-refractivity contribution in [2.45, 2.75) is 32.1 Å². The lowest BCUT2D eigenvalue weighted by Gasteiger charge is -2.08. The van der Waals surface area contributed by atoms with E-state index < -0.39 is 10.0 Å². The molecule has 1 saturated carbocycles. The number of hydrogen-bond acceptors (Lipinski definition) is 3. The van der Waals surface area contributed by atoms with E-state index in [-0.39, 0.29) is 5.75 Å². The first-order chi connectivity index (χ1) is 6.58. The first kappa shape index (κ1) is 11.9. The molecule has 0 spiro atoms.